The maximum atomic E-state index is 13.8. The van der Waals surface area contributed by atoms with Gasteiger partial charge in [0.1, 0.15) is 12.4 Å². The molecule has 1 fully saturated rings. The predicted octanol–water partition coefficient (Wildman–Crippen LogP) is 5.67. The molecule has 3 aromatic carbocycles. The first-order valence-corrected chi connectivity index (χ1v) is 13.5. The molecule has 7 nitrogen and oxygen atoms in total. The van der Waals surface area contributed by atoms with Crippen LogP contribution in [-0.2, 0) is 38.8 Å². The standard InChI is InChI=1S/C33H33NO6/c35-28-18-10-17-26-29(28)31(36)27(22-38-19-23-11-4-1-5-12-23)32(39-20-24-13-6-2-7-14-24)30(26)34-33(37)40-21-25-15-8-3-9-16-25/h1-16,18,26-27,30,32,35H,17,19-22H2,(H,34,37)/t26-,27-,30+,32+/m1/s1. The molecule has 7 heteroatoms. The first-order valence-electron chi connectivity index (χ1n) is 13.5. The van der Waals surface area contributed by atoms with Crippen LogP contribution < -0.4 is 5.32 Å². The fraction of sp³-hybridized carbons (Fsp3) is 0.273. The lowest BCUT2D eigenvalue weighted by atomic mass is 9.69. The lowest BCUT2D eigenvalue weighted by molar-refractivity contribution is -0.137. The van der Waals surface area contributed by atoms with Gasteiger partial charge in [-0.3, -0.25) is 4.79 Å². The third kappa shape index (κ3) is 6.68. The number of aliphatic hydroxyl groups is 1. The molecule has 0 spiro atoms. The van der Waals surface area contributed by atoms with Gasteiger partial charge in [-0.05, 0) is 29.2 Å². The molecule has 0 bridgehead atoms. The highest BCUT2D eigenvalue weighted by atomic mass is 16.5. The van der Waals surface area contributed by atoms with Crippen LogP contribution in [-0.4, -0.2) is 35.7 Å². The first kappa shape index (κ1) is 27.4. The van der Waals surface area contributed by atoms with Crippen molar-refractivity contribution in [2.75, 3.05) is 6.61 Å². The van der Waals surface area contributed by atoms with Crippen LogP contribution in [0.2, 0.25) is 0 Å². The third-order valence-electron chi connectivity index (χ3n) is 7.29. The van der Waals surface area contributed by atoms with Crippen LogP contribution in [0.3, 0.4) is 0 Å². The zero-order valence-corrected chi connectivity index (χ0v) is 22.1. The van der Waals surface area contributed by atoms with E-state index in [4.69, 9.17) is 14.2 Å². The number of ketones is 1. The SMILES string of the molecule is O=C(N[C@@H]1[C@@H](OCc2ccccc2)[C@H](COCc2ccccc2)C(=O)C2=C(O)C=CC[C@H]21)OCc1ccccc1. The molecule has 0 saturated heterocycles. The van der Waals surface area contributed by atoms with E-state index in [2.05, 4.69) is 5.32 Å². The van der Waals surface area contributed by atoms with Gasteiger partial charge in [0, 0.05) is 11.5 Å². The topological polar surface area (TPSA) is 94.1 Å². The molecule has 4 atom stereocenters. The van der Waals surface area contributed by atoms with Crippen molar-refractivity contribution < 1.29 is 28.9 Å². The highest BCUT2D eigenvalue weighted by molar-refractivity contribution is 6.00. The summed E-state index contributed by atoms with van der Waals surface area (Å²) in [6.45, 7) is 0.744. The molecule has 2 N–H and O–H groups in total. The van der Waals surface area contributed by atoms with Gasteiger partial charge in [-0.15, -0.1) is 0 Å². The van der Waals surface area contributed by atoms with Gasteiger partial charge < -0.3 is 24.6 Å². The lowest BCUT2D eigenvalue weighted by Crippen LogP contribution is -2.59. The molecular weight excluding hydrogens is 506 g/mol. The van der Waals surface area contributed by atoms with Gasteiger partial charge in [0.05, 0.1) is 37.9 Å². The molecule has 3 aromatic rings. The van der Waals surface area contributed by atoms with Crippen LogP contribution in [0.5, 0.6) is 0 Å². The number of ether oxygens (including phenoxy) is 3. The summed E-state index contributed by atoms with van der Waals surface area (Å²) in [7, 11) is 0. The fourth-order valence-electron chi connectivity index (χ4n) is 5.31. The average molecular weight is 540 g/mol. The summed E-state index contributed by atoms with van der Waals surface area (Å²) in [5, 5.41) is 13.7. The summed E-state index contributed by atoms with van der Waals surface area (Å²) >= 11 is 0. The van der Waals surface area contributed by atoms with Crippen LogP contribution in [0, 0.1) is 11.8 Å². The molecule has 5 rings (SSSR count). The van der Waals surface area contributed by atoms with E-state index >= 15 is 0 Å². The van der Waals surface area contributed by atoms with Crippen molar-refractivity contribution in [2.45, 2.75) is 38.4 Å². The van der Waals surface area contributed by atoms with Crippen molar-refractivity contribution in [3.05, 3.63) is 131 Å². The smallest absolute Gasteiger partial charge is 0.407 e. The maximum Gasteiger partial charge on any atom is 0.407 e. The van der Waals surface area contributed by atoms with E-state index in [0.29, 0.717) is 18.6 Å². The number of nitrogens with one attached hydrogen (secondary N) is 1. The Balaban J connectivity index is 1.39. The molecule has 206 valence electrons. The van der Waals surface area contributed by atoms with Crippen molar-refractivity contribution in [2.24, 2.45) is 11.8 Å². The summed E-state index contributed by atoms with van der Waals surface area (Å²) in [5.41, 5.74) is 3.08. The van der Waals surface area contributed by atoms with Crippen LogP contribution in [0.15, 0.2) is 114 Å². The van der Waals surface area contributed by atoms with E-state index in [9.17, 15) is 14.7 Å². The summed E-state index contributed by atoms with van der Waals surface area (Å²) in [4.78, 5) is 26.9. The van der Waals surface area contributed by atoms with Crippen LogP contribution in [0.1, 0.15) is 23.1 Å². The molecule has 0 radical (unpaired) electrons. The summed E-state index contributed by atoms with van der Waals surface area (Å²) in [6.07, 6.45) is 2.50. The predicted molar refractivity (Wildman–Crippen MR) is 150 cm³/mol. The molecule has 1 amide bonds. The van der Waals surface area contributed by atoms with Gasteiger partial charge in [0.2, 0.25) is 0 Å². The van der Waals surface area contributed by atoms with Crippen molar-refractivity contribution in [3.8, 4) is 0 Å². The molecule has 0 aliphatic heterocycles. The number of alkyl carbamates (subject to hydrolysis) is 1. The van der Waals surface area contributed by atoms with Crippen LogP contribution in [0.25, 0.3) is 0 Å². The Labute approximate surface area is 234 Å². The summed E-state index contributed by atoms with van der Waals surface area (Å²) < 4.78 is 18.0. The zero-order valence-electron chi connectivity index (χ0n) is 22.1. The molecule has 0 unspecified atom stereocenters. The molecule has 0 heterocycles. The van der Waals surface area contributed by atoms with E-state index in [0.717, 1.165) is 16.7 Å². The minimum Gasteiger partial charge on any atom is -0.508 e. The molecule has 2 aliphatic rings. The van der Waals surface area contributed by atoms with E-state index in [1.54, 1.807) is 12.2 Å². The molecule has 40 heavy (non-hydrogen) atoms. The molecule has 1 saturated carbocycles. The monoisotopic (exact) mass is 539 g/mol. The Bertz CT molecular complexity index is 1340. The van der Waals surface area contributed by atoms with Gasteiger partial charge in [-0.25, -0.2) is 4.79 Å². The highest BCUT2D eigenvalue weighted by Gasteiger charge is 2.50. The van der Waals surface area contributed by atoms with Crippen LogP contribution in [0.4, 0.5) is 4.79 Å². The Hall–Kier alpha value is -4.20. The number of Topliss-reactive ketones (excluding diaryl/α,β-unsaturated/α-hetero) is 1. The Morgan fingerprint density at radius 2 is 1.40 bits per heavy atom. The number of hydrogen-bond donors (Lipinski definition) is 2. The molecule has 0 aromatic heterocycles. The average Bonchev–Trinajstić information content (AvgIpc) is 2.99. The zero-order chi connectivity index (χ0) is 27.7. The number of hydrogen-bond acceptors (Lipinski definition) is 6. The number of aliphatic hydroxyl groups excluding tert-OH is 1. The second-order valence-electron chi connectivity index (χ2n) is 10.0. The normalized spacial score (nSPS) is 22.1. The number of fused-ring (bicyclic) bond motifs is 1. The minimum absolute atomic E-state index is 0.0671. The number of allylic oxidation sites excluding steroid dienone is 2. The number of amides is 1. The van der Waals surface area contributed by atoms with Gasteiger partial charge in [-0.2, -0.15) is 0 Å². The van der Waals surface area contributed by atoms with Gasteiger partial charge in [0.25, 0.3) is 0 Å². The number of carbonyl (C=O) groups excluding carboxylic acids is 2. The van der Waals surface area contributed by atoms with Gasteiger partial charge in [0.15, 0.2) is 5.78 Å². The number of rotatable bonds is 10. The third-order valence-corrected chi connectivity index (χ3v) is 7.29. The molecular formula is C33H33NO6. The number of carbonyl (C=O) groups is 2. The fourth-order valence-corrected chi connectivity index (χ4v) is 5.31. The molecule has 2 aliphatic carbocycles. The highest BCUT2D eigenvalue weighted by Crippen LogP contribution is 2.39. The van der Waals surface area contributed by atoms with Crippen molar-refractivity contribution in [3.63, 3.8) is 0 Å². The largest absolute Gasteiger partial charge is 0.508 e. The van der Waals surface area contributed by atoms with Gasteiger partial charge in [-0.1, -0.05) is 97.1 Å². The van der Waals surface area contributed by atoms with E-state index in [1.807, 2.05) is 91.0 Å². The van der Waals surface area contributed by atoms with Crippen molar-refractivity contribution >= 4 is 11.9 Å². The quantitative estimate of drug-likeness (QED) is 0.345. The second-order valence-corrected chi connectivity index (χ2v) is 10.0. The Kier molecular flexibility index (Phi) is 9.06. The second kappa shape index (κ2) is 13.2. The lowest BCUT2D eigenvalue weighted by Gasteiger charge is -2.44. The maximum absolute atomic E-state index is 13.8. The first-order chi connectivity index (χ1) is 19.6. The minimum atomic E-state index is -0.744. The van der Waals surface area contributed by atoms with Crippen molar-refractivity contribution in [1.29, 1.82) is 0 Å². The van der Waals surface area contributed by atoms with Gasteiger partial charge >= 0.3 is 6.09 Å². The van der Waals surface area contributed by atoms with E-state index in [-0.39, 0.29) is 31.4 Å². The Morgan fingerprint density at radius 1 is 0.825 bits per heavy atom. The van der Waals surface area contributed by atoms with Crippen molar-refractivity contribution in [1.82, 2.24) is 5.32 Å². The van der Waals surface area contributed by atoms with E-state index < -0.39 is 30.1 Å². The summed E-state index contributed by atoms with van der Waals surface area (Å²) in [6, 6.07) is 28.2. The Morgan fingerprint density at radius 3 is 2.02 bits per heavy atom. The van der Waals surface area contributed by atoms with E-state index in [1.165, 1.54) is 0 Å². The number of benzene rings is 3. The van der Waals surface area contributed by atoms with Crippen LogP contribution >= 0.6 is 0 Å². The summed E-state index contributed by atoms with van der Waals surface area (Å²) in [5.74, 6) is -1.52.